The third kappa shape index (κ3) is 3.69. The highest BCUT2D eigenvalue weighted by Crippen LogP contribution is 2.37. The Morgan fingerprint density at radius 1 is 1.21 bits per heavy atom. The van der Waals surface area contributed by atoms with Gasteiger partial charge in [-0.25, -0.2) is 12.8 Å². The van der Waals surface area contributed by atoms with Gasteiger partial charge in [0.2, 0.25) is 0 Å². The first-order valence-corrected chi connectivity index (χ1v) is 11.3. The van der Waals surface area contributed by atoms with Crippen molar-refractivity contribution in [3.05, 3.63) is 52.7 Å². The lowest BCUT2D eigenvalue weighted by Gasteiger charge is -2.19. The topological polar surface area (TPSA) is 37.4 Å². The van der Waals surface area contributed by atoms with E-state index in [0.717, 1.165) is 11.3 Å². The SMILES string of the molecule is CCc1ccc(S(=O)(=O)N2CCSC(c3ccccc3F)CC2)s1. The largest absolute Gasteiger partial charge is 0.252 e. The maximum Gasteiger partial charge on any atom is 0.252 e. The fourth-order valence-corrected chi connectivity index (χ4v) is 7.06. The summed E-state index contributed by atoms with van der Waals surface area (Å²) in [5, 5.41) is 0.000869. The average molecular weight is 386 g/mol. The molecule has 1 aliphatic heterocycles. The Morgan fingerprint density at radius 2 is 2.00 bits per heavy atom. The molecule has 7 heteroatoms. The summed E-state index contributed by atoms with van der Waals surface area (Å²) in [6.07, 6.45) is 1.46. The van der Waals surface area contributed by atoms with Crippen LogP contribution in [-0.4, -0.2) is 31.6 Å². The van der Waals surface area contributed by atoms with Crippen molar-refractivity contribution in [3.63, 3.8) is 0 Å². The Bertz CT molecular complexity index is 804. The lowest BCUT2D eigenvalue weighted by Crippen LogP contribution is -2.32. The molecule has 24 heavy (non-hydrogen) atoms. The highest BCUT2D eigenvalue weighted by atomic mass is 32.2. The number of aryl methyl sites for hydroxylation is 1. The molecule has 1 aliphatic rings. The van der Waals surface area contributed by atoms with Crippen LogP contribution in [0.15, 0.2) is 40.6 Å². The summed E-state index contributed by atoms with van der Waals surface area (Å²) in [5.74, 6) is 0.460. The zero-order chi connectivity index (χ0) is 17.2. The van der Waals surface area contributed by atoms with E-state index >= 15 is 0 Å². The molecule has 0 spiro atoms. The minimum Gasteiger partial charge on any atom is -0.207 e. The molecule has 0 saturated carbocycles. The van der Waals surface area contributed by atoms with Crippen molar-refractivity contribution >= 4 is 33.1 Å². The summed E-state index contributed by atoms with van der Waals surface area (Å²) < 4.78 is 41.6. The first kappa shape index (κ1) is 17.9. The van der Waals surface area contributed by atoms with E-state index in [1.807, 2.05) is 19.1 Å². The second-order valence-corrected chi connectivity index (χ2v) is 10.3. The molecule has 1 aromatic heterocycles. The summed E-state index contributed by atoms with van der Waals surface area (Å²) in [4.78, 5) is 1.07. The van der Waals surface area contributed by atoms with Gasteiger partial charge >= 0.3 is 0 Å². The second-order valence-electron chi connectivity index (χ2n) is 5.65. The van der Waals surface area contributed by atoms with E-state index in [2.05, 4.69) is 0 Å². The fourth-order valence-electron chi connectivity index (χ4n) is 2.79. The Hall–Kier alpha value is -0.890. The number of halogens is 1. The molecule has 1 aromatic carbocycles. The van der Waals surface area contributed by atoms with Gasteiger partial charge in [0.05, 0.1) is 0 Å². The van der Waals surface area contributed by atoms with Crippen LogP contribution in [0.2, 0.25) is 0 Å². The van der Waals surface area contributed by atoms with Gasteiger partial charge in [0, 0.05) is 34.5 Å². The van der Waals surface area contributed by atoms with Crippen LogP contribution in [0.1, 0.15) is 29.0 Å². The van der Waals surface area contributed by atoms with Crippen LogP contribution >= 0.6 is 23.1 Å². The summed E-state index contributed by atoms with van der Waals surface area (Å²) in [5.41, 5.74) is 0.672. The zero-order valence-electron chi connectivity index (χ0n) is 13.4. The number of hydrogen-bond acceptors (Lipinski definition) is 4. The molecule has 2 aromatic rings. The van der Waals surface area contributed by atoms with Crippen molar-refractivity contribution in [1.29, 1.82) is 0 Å². The third-order valence-electron chi connectivity index (χ3n) is 4.13. The van der Waals surface area contributed by atoms with E-state index in [1.54, 1.807) is 34.3 Å². The van der Waals surface area contributed by atoms with Gasteiger partial charge in [-0.3, -0.25) is 0 Å². The second kappa shape index (κ2) is 7.56. The number of thioether (sulfide) groups is 1. The first-order chi connectivity index (χ1) is 11.5. The third-order valence-corrected chi connectivity index (χ3v) is 9.04. The lowest BCUT2D eigenvalue weighted by atomic mass is 10.1. The van der Waals surface area contributed by atoms with Gasteiger partial charge in [-0.15, -0.1) is 11.3 Å². The standard InChI is InChI=1S/C17H20FNO2S3/c1-2-13-7-8-17(23-13)24(20,21)19-10-9-16(22-12-11-19)14-5-3-4-6-15(14)18/h3-8,16H,2,9-12H2,1H3. The predicted octanol–water partition coefficient (Wildman–Crippen LogP) is 4.32. The molecule has 1 unspecified atom stereocenters. The lowest BCUT2D eigenvalue weighted by molar-refractivity contribution is 0.428. The van der Waals surface area contributed by atoms with E-state index in [1.165, 1.54) is 17.4 Å². The molecule has 1 saturated heterocycles. The van der Waals surface area contributed by atoms with Crippen LogP contribution in [0.25, 0.3) is 0 Å². The Balaban J connectivity index is 1.76. The molecular weight excluding hydrogens is 365 g/mol. The van der Waals surface area contributed by atoms with Crippen molar-refractivity contribution in [2.45, 2.75) is 29.2 Å². The van der Waals surface area contributed by atoms with Gasteiger partial charge in [0.1, 0.15) is 10.0 Å². The van der Waals surface area contributed by atoms with E-state index in [9.17, 15) is 12.8 Å². The molecule has 3 nitrogen and oxygen atoms in total. The summed E-state index contributed by atoms with van der Waals surface area (Å²) in [7, 11) is -3.45. The van der Waals surface area contributed by atoms with Gasteiger partial charge in [0.15, 0.2) is 0 Å². The monoisotopic (exact) mass is 385 g/mol. The van der Waals surface area contributed by atoms with E-state index < -0.39 is 10.0 Å². The van der Waals surface area contributed by atoms with Gasteiger partial charge in [-0.05, 0) is 31.0 Å². The Kier molecular flexibility index (Phi) is 5.64. The molecule has 0 radical (unpaired) electrons. The van der Waals surface area contributed by atoms with E-state index in [4.69, 9.17) is 0 Å². The van der Waals surface area contributed by atoms with Crippen LogP contribution in [-0.2, 0) is 16.4 Å². The van der Waals surface area contributed by atoms with Crippen molar-refractivity contribution < 1.29 is 12.8 Å². The Labute approximate surface area is 150 Å². The molecule has 0 aliphatic carbocycles. The van der Waals surface area contributed by atoms with Gasteiger partial charge in [0.25, 0.3) is 10.0 Å². The number of benzene rings is 1. The van der Waals surface area contributed by atoms with Gasteiger partial charge < -0.3 is 0 Å². The number of thiophene rings is 1. The molecule has 130 valence electrons. The van der Waals surface area contributed by atoms with Crippen LogP contribution in [0, 0.1) is 5.82 Å². The highest BCUT2D eigenvalue weighted by molar-refractivity contribution is 7.99. The summed E-state index contributed by atoms with van der Waals surface area (Å²) in [6.45, 7) is 2.91. The molecule has 3 rings (SSSR count). The molecule has 1 fully saturated rings. The average Bonchev–Trinajstić information content (AvgIpc) is 2.93. The summed E-state index contributed by atoms with van der Waals surface area (Å²) >= 11 is 2.98. The quantitative estimate of drug-likeness (QED) is 0.787. The molecular formula is C17H20FNO2S3. The maximum atomic E-state index is 14.0. The predicted molar refractivity (Wildman–Crippen MR) is 98.7 cm³/mol. The number of nitrogens with zero attached hydrogens (tertiary/aromatic N) is 1. The van der Waals surface area contributed by atoms with Crippen molar-refractivity contribution in [1.82, 2.24) is 4.31 Å². The number of sulfonamides is 1. The van der Waals surface area contributed by atoms with E-state index in [-0.39, 0.29) is 11.1 Å². The number of rotatable bonds is 4. The van der Waals surface area contributed by atoms with Crippen LogP contribution < -0.4 is 0 Å². The minimum atomic E-state index is -3.45. The smallest absolute Gasteiger partial charge is 0.207 e. The Morgan fingerprint density at radius 3 is 2.71 bits per heavy atom. The van der Waals surface area contributed by atoms with Crippen LogP contribution in [0.5, 0.6) is 0 Å². The van der Waals surface area contributed by atoms with Gasteiger partial charge in [-0.2, -0.15) is 16.1 Å². The van der Waals surface area contributed by atoms with Crippen LogP contribution in [0.4, 0.5) is 4.39 Å². The van der Waals surface area contributed by atoms with Gasteiger partial charge in [-0.1, -0.05) is 25.1 Å². The fraction of sp³-hybridized carbons (Fsp3) is 0.412. The molecule has 1 atom stereocenters. The maximum absolute atomic E-state index is 14.0. The molecule has 0 N–H and O–H groups in total. The van der Waals surface area contributed by atoms with Crippen molar-refractivity contribution in [2.75, 3.05) is 18.8 Å². The zero-order valence-corrected chi connectivity index (χ0v) is 15.9. The summed E-state index contributed by atoms with van der Waals surface area (Å²) in [6, 6.07) is 10.4. The highest BCUT2D eigenvalue weighted by Gasteiger charge is 2.30. The minimum absolute atomic E-state index is 0.000869. The molecule has 2 heterocycles. The molecule has 0 amide bonds. The van der Waals surface area contributed by atoms with Crippen LogP contribution in [0.3, 0.4) is 0 Å². The normalized spacial score (nSPS) is 20.0. The van der Waals surface area contributed by atoms with Crippen molar-refractivity contribution in [3.8, 4) is 0 Å². The van der Waals surface area contributed by atoms with Crippen molar-refractivity contribution in [2.24, 2.45) is 0 Å². The molecule has 0 bridgehead atoms. The number of hydrogen-bond donors (Lipinski definition) is 0. The first-order valence-electron chi connectivity index (χ1n) is 7.97. The van der Waals surface area contributed by atoms with E-state index in [0.29, 0.717) is 35.0 Å².